The van der Waals surface area contributed by atoms with Gasteiger partial charge in [0.2, 0.25) is 17.7 Å². The molecule has 34 heavy (non-hydrogen) atoms. The molecule has 3 aromatic heterocycles. The number of piperazine rings is 1. The van der Waals surface area contributed by atoms with Crippen molar-refractivity contribution in [3.05, 3.63) is 59.9 Å². The first kappa shape index (κ1) is 21.4. The van der Waals surface area contributed by atoms with Crippen molar-refractivity contribution in [2.75, 3.05) is 24.5 Å². The molecule has 1 fully saturated rings. The van der Waals surface area contributed by atoms with Crippen LogP contribution in [0.2, 0.25) is 0 Å². The molecule has 1 aliphatic heterocycles. The Morgan fingerprint density at radius 1 is 1.18 bits per heavy atom. The van der Waals surface area contributed by atoms with Crippen molar-refractivity contribution in [2.24, 2.45) is 0 Å². The number of amides is 2. The number of nitrogens with zero attached hydrogens (tertiary/aromatic N) is 6. The fraction of sp³-hybridized carbons (Fsp3) is 0.217. The topological polar surface area (TPSA) is 126 Å². The molecule has 0 aliphatic carbocycles. The molecule has 1 aromatic carbocycles. The summed E-state index contributed by atoms with van der Waals surface area (Å²) in [6.45, 7) is 1.93. The highest BCUT2D eigenvalue weighted by Gasteiger charge is 2.30. The number of hydrogen-bond donors (Lipinski definition) is 1. The van der Waals surface area contributed by atoms with Gasteiger partial charge < -0.3 is 14.4 Å². The number of fused-ring (bicyclic) bond motifs is 1. The average Bonchev–Trinajstić information content (AvgIpc) is 3.29. The summed E-state index contributed by atoms with van der Waals surface area (Å²) in [5.41, 5.74) is 0.979. The number of halogens is 1. The second-order valence-corrected chi connectivity index (χ2v) is 7.82. The summed E-state index contributed by atoms with van der Waals surface area (Å²) in [7, 11) is 0. The van der Waals surface area contributed by atoms with Gasteiger partial charge in [-0.1, -0.05) is 12.1 Å². The molecule has 0 unspecified atom stereocenters. The maximum atomic E-state index is 13.2. The highest BCUT2D eigenvalue weighted by Crippen LogP contribution is 2.37. The molecule has 10 nitrogen and oxygen atoms in total. The van der Waals surface area contributed by atoms with Crippen LogP contribution in [0.15, 0.2) is 47.0 Å². The van der Waals surface area contributed by atoms with E-state index in [1.54, 1.807) is 24.3 Å². The zero-order valence-electron chi connectivity index (χ0n) is 18.1. The van der Waals surface area contributed by atoms with Gasteiger partial charge in [-0.15, -0.1) is 10.2 Å². The number of aromatic nitrogens is 4. The van der Waals surface area contributed by atoms with Crippen LogP contribution in [0.5, 0.6) is 5.75 Å². The lowest BCUT2D eigenvalue weighted by molar-refractivity contribution is -0.135. The van der Waals surface area contributed by atoms with Crippen molar-refractivity contribution in [1.82, 2.24) is 25.1 Å². The van der Waals surface area contributed by atoms with E-state index in [2.05, 4.69) is 20.2 Å². The Hall–Kier alpha value is -4.41. The molecule has 1 aliphatic rings. The third-order valence-electron chi connectivity index (χ3n) is 5.57. The van der Waals surface area contributed by atoms with Gasteiger partial charge in [-0.05, 0) is 29.8 Å². The van der Waals surface area contributed by atoms with Gasteiger partial charge in [0, 0.05) is 31.6 Å². The predicted octanol–water partition coefficient (Wildman–Crippen LogP) is 2.31. The number of anilines is 1. The van der Waals surface area contributed by atoms with Crippen molar-refractivity contribution >= 4 is 28.5 Å². The molecule has 4 aromatic rings. The van der Waals surface area contributed by atoms with Crippen LogP contribution in [0, 0.1) is 5.82 Å². The molecular weight excluding hydrogens is 443 g/mol. The summed E-state index contributed by atoms with van der Waals surface area (Å²) in [5, 5.41) is 19.4. The molecule has 1 saturated heterocycles. The van der Waals surface area contributed by atoms with Gasteiger partial charge in [0.1, 0.15) is 23.7 Å². The zero-order valence-corrected chi connectivity index (χ0v) is 18.1. The van der Waals surface area contributed by atoms with E-state index in [0.717, 1.165) is 5.56 Å². The Kier molecular flexibility index (Phi) is 5.36. The second-order valence-electron chi connectivity index (χ2n) is 7.82. The third-order valence-corrected chi connectivity index (χ3v) is 5.57. The highest BCUT2D eigenvalue weighted by molar-refractivity contribution is 6.05. The molecule has 1 N–H and O–H groups in total. The van der Waals surface area contributed by atoms with Crippen LogP contribution in [0.25, 0.3) is 22.5 Å². The minimum Gasteiger partial charge on any atom is -0.504 e. The summed E-state index contributed by atoms with van der Waals surface area (Å²) < 4.78 is 18.9. The van der Waals surface area contributed by atoms with E-state index in [1.165, 1.54) is 35.1 Å². The van der Waals surface area contributed by atoms with Crippen LogP contribution < -0.4 is 4.90 Å². The molecule has 0 atom stereocenters. The highest BCUT2D eigenvalue weighted by atomic mass is 19.1. The van der Waals surface area contributed by atoms with Crippen molar-refractivity contribution in [3.8, 4) is 17.3 Å². The van der Waals surface area contributed by atoms with E-state index in [-0.39, 0.29) is 71.7 Å². The summed E-state index contributed by atoms with van der Waals surface area (Å²) in [6.07, 6.45) is 1.77. The number of carbonyl (C=O) groups is 2. The molecule has 4 heterocycles. The average molecular weight is 462 g/mol. The fourth-order valence-electron chi connectivity index (χ4n) is 3.82. The Balaban J connectivity index is 1.53. The Labute approximate surface area is 192 Å². The first-order valence-electron chi connectivity index (χ1n) is 10.5. The smallest absolute Gasteiger partial charge is 0.270 e. The van der Waals surface area contributed by atoms with Gasteiger partial charge in [0.05, 0.1) is 6.42 Å². The molecule has 2 amide bonds. The van der Waals surface area contributed by atoms with Gasteiger partial charge in [0.25, 0.3) is 5.89 Å². The second kappa shape index (κ2) is 8.50. The SMILES string of the molecule is CC(=O)N1CCN(c2nc(-c3nnc(Cc4ccc(F)cc4)o3)c(O)c3ncccc23)C(=O)C1. The predicted molar refractivity (Wildman–Crippen MR) is 118 cm³/mol. The van der Waals surface area contributed by atoms with Gasteiger partial charge in [0.15, 0.2) is 11.4 Å². The molecule has 0 spiro atoms. The molecule has 0 saturated carbocycles. The Morgan fingerprint density at radius 2 is 1.97 bits per heavy atom. The van der Waals surface area contributed by atoms with E-state index < -0.39 is 0 Å². The largest absolute Gasteiger partial charge is 0.504 e. The van der Waals surface area contributed by atoms with Crippen LogP contribution in [0.4, 0.5) is 10.2 Å². The molecular formula is C23H19FN6O4. The van der Waals surface area contributed by atoms with Crippen molar-refractivity contribution < 1.29 is 23.5 Å². The number of carbonyl (C=O) groups excluding carboxylic acids is 2. The quantitative estimate of drug-likeness (QED) is 0.490. The van der Waals surface area contributed by atoms with E-state index >= 15 is 0 Å². The molecule has 172 valence electrons. The number of rotatable bonds is 4. The lowest BCUT2D eigenvalue weighted by Crippen LogP contribution is -2.52. The number of pyridine rings is 2. The van der Waals surface area contributed by atoms with E-state index in [0.29, 0.717) is 11.9 Å². The zero-order chi connectivity index (χ0) is 23.8. The monoisotopic (exact) mass is 462 g/mol. The summed E-state index contributed by atoms with van der Waals surface area (Å²) in [4.78, 5) is 36.2. The lowest BCUT2D eigenvalue weighted by atomic mass is 10.1. The Bertz CT molecular complexity index is 1400. The standard InChI is InChI=1S/C23H19FN6O4/c1-13(31)29-9-10-30(18(32)12-29)22-16-3-2-8-25-19(16)21(33)20(26-22)23-28-27-17(34-23)11-14-4-6-15(24)7-5-14/h2-8,33H,9-12H2,1H3. The molecule has 0 radical (unpaired) electrons. The van der Waals surface area contributed by atoms with Crippen LogP contribution in [0.1, 0.15) is 18.4 Å². The maximum absolute atomic E-state index is 13.2. The normalized spacial score (nSPS) is 14.1. The van der Waals surface area contributed by atoms with Gasteiger partial charge in [-0.3, -0.25) is 19.5 Å². The summed E-state index contributed by atoms with van der Waals surface area (Å²) >= 11 is 0. The fourth-order valence-corrected chi connectivity index (χ4v) is 3.82. The lowest BCUT2D eigenvalue weighted by Gasteiger charge is -2.33. The minimum atomic E-state index is -0.348. The van der Waals surface area contributed by atoms with Crippen LogP contribution in [-0.2, 0) is 16.0 Å². The van der Waals surface area contributed by atoms with E-state index in [4.69, 9.17) is 4.42 Å². The van der Waals surface area contributed by atoms with Crippen molar-refractivity contribution in [3.63, 3.8) is 0 Å². The molecule has 5 rings (SSSR count). The number of benzene rings is 1. The number of aromatic hydroxyl groups is 1. The number of hydrogen-bond acceptors (Lipinski definition) is 8. The summed E-state index contributed by atoms with van der Waals surface area (Å²) in [6, 6.07) is 9.27. The van der Waals surface area contributed by atoms with Crippen LogP contribution in [0.3, 0.4) is 0 Å². The van der Waals surface area contributed by atoms with Gasteiger partial charge >= 0.3 is 0 Å². The Morgan fingerprint density at radius 3 is 2.71 bits per heavy atom. The van der Waals surface area contributed by atoms with Gasteiger partial charge in [-0.25, -0.2) is 9.37 Å². The van der Waals surface area contributed by atoms with Crippen molar-refractivity contribution in [2.45, 2.75) is 13.3 Å². The molecule has 11 heteroatoms. The minimum absolute atomic E-state index is 0.0131. The first-order chi connectivity index (χ1) is 16.4. The molecule has 0 bridgehead atoms. The van der Waals surface area contributed by atoms with Crippen LogP contribution in [-0.4, -0.2) is 61.6 Å². The van der Waals surface area contributed by atoms with Crippen molar-refractivity contribution in [1.29, 1.82) is 0 Å². The van der Waals surface area contributed by atoms with E-state index in [9.17, 15) is 19.1 Å². The third kappa shape index (κ3) is 3.91. The maximum Gasteiger partial charge on any atom is 0.270 e. The first-order valence-corrected chi connectivity index (χ1v) is 10.5. The van der Waals surface area contributed by atoms with E-state index in [1.807, 2.05) is 0 Å². The van der Waals surface area contributed by atoms with Gasteiger partial charge in [-0.2, -0.15) is 0 Å². The summed E-state index contributed by atoms with van der Waals surface area (Å²) in [5.74, 6) is -0.612. The van der Waals surface area contributed by atoms with Crippen LogP contribution >= 0.6 is 0 Å².